The van der Waals surface area contributed by atoms with Gasteiger partial charge in [0, 0.05) is 6.07 Å². The van der Waals surface area contributed by atoms with Gasteiger partial charge >= 0.3 is 0 Å². The number of rotatable bonds is 2. The molecule has 1 aliphatic heterocycles. The number of ether oxygens (including phenoxy) is 1. The van der Waals surface area contributed by atoms with E-state index >= 15 is 0 Å². The minimum Gasteiger partial charge on any atom is -0.497 e. The second kappa shape index (κ2) is 5.03. The van der Waals surface area contributed by atoms with Crippen LogP contribution in [-0.2, 0) is 4.79 Å². The molecule has 1 atom stereocenters. The second-order valence-corrected chi connectivity index (χ2v) is 5.09. The smallest absolute Gasteiger partial charge is 0.256 e. The summed E-state index contributed by atoms with van der Waals surface area (Å²) in [5, 5.41) is 6.09. The van der Waals surface area contributed by atoms with Crippen LogP contribution in [0.5, 0.6) is 5.75 Å². The van der Waals surface area contributed by atoms with Gasteiger partial charge in [-0.3, -0.25) is 4.79 Å². The van der Waals surface area contributed by atoms with Crippen molar-refractivity contribution in [3.63, 3.8) is 0 Å². The van der Waals surface area contributed by atoms with Crippen LogP contribution in [0, 0.1) is 5.92 Å². The maximum absolute atomic E-state index is 12.5. The SMILES string of the molecule is COc1cccc(N2N=C3CCCCCC3C2=O)c1. The molecule has 19 heavy (non-hydrogen) atoms. The first kappa shape index (κ1) is 12.2. The number of hydrogen-bond acceptors (Lipinski definition) is 3. The average Bonchev–Trinajstić information content (AvgIpc) is 2.64. The van der Waals surface area contributed by atoms with Crippen LogP contribution in [0.25, 0.3) is 0 Å². The minimum absolute atomic E-state index is 0.00806. The number of hydrogen-bond donors (Lipinski definition) is 0. The lowest BCUT2D eigenvalue weighted by molar-refractivity contribution is -0.119. The van der Waals surface area contributed by atoms with Crippen LogP contribution in [0.2, 0.25) is 0 Å². The number of carbonyl (C=O) groups excluding carboxylic acids is 1. The molecule has 0 spiro atoms. The molecule has 1 aromatic carbocycles. The van der Waals surface area contributed by atoms with Crippen molar-refractivity contribution in [1.29, 1.82) is 0 Å². The molecular formula is C15H18N2O2. The molecule has 0 N–H and O–H groups in total. The molecular weight excluding hydrogens is 240 g/mol. The van der Waals surface area contributed by atoms with Crippen molar-refractivity contribution in [3.05, 3.63) is 24.3 Å². The highest BCUT2D eigenvalue weighted by molar-refractivity contribution is 6.15. The molecule has 1 fully saturated rings. The summed E-state index contributed by atoms with van der Waals surface area (Å²) in [4.78, 5) is 12.5. The minimum atomic E-state index is 0.00806. The Hall–Kier alpha value is -1.84. The second-order valence-electron chi connectivity index (χ2n) is 5.09. The molecule has 2 aliphatic rings. The predicted octanol–water partition coefficient (Wildman–Crippen LogP) is 2.98. The molecule has 0 bridgehead atoms. The molecule has 4 heteroatoms. The van der Waals surface area contributed by atoms with Gasteiger partial charge in [0.1, 0.15) is 5.75 Å². The van der Waals surface area contributed by atoms with E-state index in [1.807, 2.05) is 24.3 Å². The van der Waals surface area contributed by atoms with E-state index in [1.54, 1.807) is 12.1 Å². The molecule has 0 saturated heterocycles. The van der Waals surface area contributed by atoms with Gasteiger partial charge in [-0.2, -0.15) is 5.10 Å². The van der Waals surface area contributed by atoms with Crippen LogP contribution < -0.4 is 9.75 Å². The van der Waals surface area contributed by atoms with E-state index in [1.165, 1.54) is 6.42 Å². The first-order chi connectivity index (χ1) is 9.29. The van der Waals surface area contributed by atoms with E-state index < -0.39 is 0 Å². The molecule has 1 aliphatic carbocycles. The zero-order chi connectivity index (χ0) is 13.2. The van der Waals surface area contributed by atoms with Crippen LogP contribution in [0.3, 0.4) is 0 Å². The molecule has 1 amide bonds. The van der Waals surface area contributed by atoms with E-state index in [4.69, 9.17) is 4.74 Å². The third kappa shape index (κ3) is 2.23. The van der Waals surface area contributed by atoms with Crippen molar-refractivity contribution >= 4 is 17.3 Å². The summed E-state index contributed by atoms with van der Waals surface area (Å²) in [6.45, 7) is 0. The zero-order valence-electron chi connectivity index (χ0n) is 11.1. The topological polar surface area (TPSA) is 41.9 Å². The van der Waals surface area contributed by atoms with Crippen molar-refractivity contribution in [3.8, 4) is 5.75 Å². The van der Waals surface area contributed by atoms with E-state index in [0.717, 1.165) is 42.8 Å². The quantitative estimate of drug-likeness (QED) is 0.818. The molecule has 0 radical (unpaired) electrons. The highest BCUT2D eigenvalue weighted by Crippen LogP contribution is 2.32. The molecule has 1 heterocycles. The summed E-state index contributed by atoms with van der Waals surface area (Å²) in [5.74, 6) is 0.872. The number of fused-ring (bicyclic) bond motifs is 1. The third-order valence-electron chi connectivity index (χ3n) is 3.86. The summed E-state index contributed by atoms with van der Waals surface area (Å²) in [6, 6.07) is 7.51. The summed E-state index contributed by atoms with van der Waals surface area (Å²) in [5.41, 5.74) is 1.86. The van der Waals surface area contributed by atoms with E-state index in [2.05, 4.69) is 5.10 Å². The maximum Gasteiger partial charge on any atom is 0.256 e. The Bertz CT molecular complexity index is 525. The van der Waals surface area contributed by atoms with Crippen LogP contribution >= 0.6 is 0 Å². The Morgan fingerprint density at radius 2 is 2.21 bits per heavy atom. The number of methoxy groups -OCH3 is 1. The normalized spacial score (nSPS) is 22.8. The molecule has 3 rings (SSSR count). The highest BCUT2D eigenvalue weighted by Gasteiger charge is 2.36. The summed E-state index contributed by atoms with van der Waals surface area (Å²) in [7, 11) is 1.63. The fourth-order valence-electron chi connectivity index (χ4n) is 2.81. The fraction of sp³-hybridized carbons (Fsp3) is 0.467. The van der Waals surface area contributed by atoms with Crippen molar-refractivity contribution in [2.24, 2.45) is 11.0 Å². The first-order valence-corrected chi connectivity index (χ1v) is 6.85. The molecule has 1 unspecified atom stereocenters. The number of nitrogens with zero attached hydrogens (tertiary/aromatic N) is 2. The van der Waals surface area contributed by atoms with Gasteiger partial charge < -0.3 is 4.74 Å². The van der Waals surface area contributed by atoms with Gasteiger partial charge in [-0.1, -0.05) is 18.9 Å². The Morgan fingerprint density at radius 3 is 3.05 bits per heavy atom. The molecule has 0 aromatic heterocycles. The lowest BCUT2D eigenvalue weighted by atomic mass is 9.98. The zero-order valence-corrected chi connectivity index (χ0v) is 11.1. The average molecular weight is 258 g/mol. The number of amides is 1. The number of carbonyl (C=O) groups is 1. The van der Waals surface area contributed by atoms with Gasteiger partial charge in [0.15, 0.2) is 0 Å². The summed E-state index contributed by atoms with van der Waals surface area (Å²) >= 11 is 0. The monoisotopic (exact) mass is 258 g/mol. The fourth-order valence-corrected chi connectivity index (χ4v) is 2.81. The standard InChI is InChI=1S/C15H18N2O2/c1-19-12-7-5-6-11(10-12)17-15(18)13-8-3-2-4-9-14(13)16-17/h5-7,10,13H,2-4,8-9H2,1H3. The third-order valence-corrected chi connectivity index (χ3v) is 3.86. The molecule has 4 nitrogen and oxygen atoms in total. The summed E-state index contributed by atoms with van der Waals surface area (Å²) < 4.78 is 5.20. The lowest BCUT2D eigenvalue weighted by Gasteiger charge is -2.14. The Kier molecular flexibility index (Phi) is 3.23. The van der Waals surface area contributed by atoms with E-state index in [0.29, 0.717) is 0 Å². The summed E-state index contributed by atoms with van der Waals surface area (Å²) in [6.07, 6.45) is 5.38. The Labute approximate surface area is 113 Å². The lowest BCUT2D eigenvalue weighted by Crippen LogP contribution is -2.27. The number of anilines is 1. The van der Waals surface area contributed by atoms with Crippen molar-refractivity contribution in [2.45, 2.75) is 32.1 Å². The van der Waals surface area contributed by atoms with Crippen LogP contribution in [0.1, 0.15) is 32.1 Å². The van der Waals surface area contributed by atoms with Crippen LogP contribution in [0.4, 0.5) is 5.69 Å². The molecule has 1 saturated carbocycles. The van der Waals surface area contributed by atoms with Gasteiger partial charge in [0.25, 0.3) is 5.91 Å². The number of hydrazone groups is 1. The van der Waals surface area contributed by atoms with Gasteiger partial charge in [-0.05, 0) is 31.4 Å². The van der Waals surface area contributed by atoms with Gasteiger partial charge in [-0.15, -0.1) is 0 Å². The van der Waals surface area contributed by atoms with Crippen molar-refractivity contribution < 1.29 is 9.53 Å². The van der Waals surface area contributed by atoms with Crippen LogP contribution in [0.15, 0.2) is 29.4 Å². The highest BCUT2D eigenvalue weighted by atomic mass is 16.5. The number of benzene rings is 1. The van der Waals surface area contributed by atoms with Crippen molar-refractivity contribution in [1.82, 2.24) is 0 Å². The first-order valence-electron chi connectivity index (χ1n) is 6.85. The Balaban J connectivity index is 1.91. The maximum atomic E-state index is 12.5. The molecule has 1 aromatic rings. The largest absolute Gasteiger partial charge is 0.497 e. The van der Waals surface area contributed by atoms with Crippen LogP contribution in [-0.4, -0.2) is 18.7 Å². The van der Waals surface area contributed by atoms with Crippen molar-refractivity contribution in [2.75, 3.05) is 12.1 Å². The van der Waals surface area contributed by atoms with E-state index in [-0.39, 0.29) is 11.8 Å². The predicted molar refractivity (Wildman–Crippen MR) is 74.5 cm³/mol. The van der Waals surface area contributed by atoms with Gasteiger partial charge in [0.2, 0.25) is 0 Å². The van der Waals surface area contributed by atoms with Gasteiger partial charge in [0.05, 0.1) is 24.4 Å². The van der Waals surface area contributed by atoms with Gasteiger partial charge in [-0.25, -0.2) is 5.01 Å². The Morgan fingerprint density at radius 1 is 1.32 bits per heavy atom. The van der Waals surface area contributed by atoms with E-state index in [9.17, 15) is 4.79 Å². The molecule has 100 valence electrons.